The number of amides is 2. The maximum Gasteiger partial charge on any atom is 0.265 e. The molecular weight excluding hydrogens is 346 g/mol. The summed E-state index contributed by atoms with van der Waals surface area (Å²) in [6, 6.07) is 4.35. The van der Waals surface area contributed by atoms with Crippen molar-refractivity contribution in [3.63, 3.8) is 0 Å². The average Bonchev–Trinajstić information content (AvgIpc) is 2.97. The maximum absolute atomic E-state index is 12.4. The van der Waals surface area contributed by atoms with Crippen LogP contribution in [0.5, 0.6) is 5.75 Å². The number of nitrogens with zero attached hydrogens (tertiary/aromatic N) is 1. The molecule has 3 rings (SSSR count). The lowest BCUT2D eigenvalue weighted by molar-refractivity contribution is -0.127. The predicted octanol–water partition coefficient (Wildman–Crippen LogP) is 0.697. The molecule has 1 atom stereocenters. The molecule has 1 aromatic carbocycles. The molecular formula is C16H21N3O5S. The summed E-state index contributed by atoms with van der Waals surface area (Å²) >= 11 is 0. The molecule has 25 heavy (non-hydrogen) atoms. The van der Waals surface area contributed by atoms with Crippen molar-refractivity contribution in [2.24, 2.45) is 0 Å². The first-order valence-corrected chi connectivity index (χ1v) is 9.74. The molecule has 1 saturated heterocycles. The van der Waals surface area contributed by atoms with E-state index in [1.807, 2.05) is 0 Å². The van der Waals surface area contributed by atoms with Crippen molar-refractivity contribution in [3.8, 4) is 5.75 Å². The quantitative estimate of drug-likeness (QED) is 0.720. The Kier molecular flexibility index (Phi) is 4.96. The fourth-order valence-electron chi connectivity index (χ4n) is 2.86. The van der Waals surface area contributed by atoms with Crippen LogP contribution in [-0.4, -0.2) is 50.9 Å². The second-order valence-electron chi connectivity index (χ2n) is 6.14. The second kappa shape index (κ2) is 7.01. The van der Waals surface area contributed by atoms with Crippen LogP contribution in [0.15, 0.2) is 23.1 Å². The van der Waals surface area contributed by atoms with Gasteiger partial charge in [-0.2, -0.15) is 0 Å². The number of benzene rings is 1. The molecule has 2 heterocycles. The van der Waals surface area contributed by atoms with Crippen molar-refractivity contribution in [3.05, 3.63) is 18.2 Å². The highest BCUT2D eigenvalue weighted by atomic mass is 32.2. The van der Waals surface area contributed by atoms with Crippen LogP contribution in [0.4, 0.5) is 5.69 Å². The van der Waals surface area contributed by atoms with Crippen LogP contribution in [0.1, 0.15) is 26.2 Å². The third-order valence-electron chi connectivity index (χ3n) is 4.26. The molecule has 0 saturated carbocycles. The van der Waals surface area contributed by atoms with E-state index in [-0.39, 0.29) is 23.3 Å². The Balaban J connectivity index is 1.59. The molecule has 0 radical (unpaired) electrons. The summed E-state index contributed by atoms with van der Waals surface area (Å²) in [7, 11) is -3.69. The number of likely N-dealkylation sites (tertiary alicyclic amines) is 1. The van der Waals surface area contributed by atoms with Crippen molar-refractivity contribution < 1.29 is 22.7 Å². The number of carbonyl (C=O) groups is 2. The molecule has 2 aliphatic heterocycles. The highest BCUT2D eigenvalue weighted by Crippen LogP contribution is 2.31. The Morgan fingerprint density at radius 1 is 1.36 bits per heavy atom. The molecule has 136 valence electrons. The van der Waals surface area contributed by atoms with Crippen molar-refractivity contribution in [2.45, 2.75) is 37.2 Å². The van der Waals surface area contributed by atoms with Gasteiger partial charge in [-0.05, 0) is 38.0 Å². The number of anilines is 1. The number of rotatable bonds is 6. The van der Waals surface area contributed by atoms with Crippen LogP contribution in [0.3, 0.4) is 0 Å². The largest absolute Gasteiger partial charge is 0.479 e. The van der Waals surface area contributed by atoms with Crippen LogP contribution in [0, 0.1) is 0 Å². The third kappa shape index (κ3) is 3.93. The Bertz CT molecular complexity index is 793. The van der Waals surface area contributed by atoms with Crippen LogP contribution >= 0.6 is 0 Å². The van der Waals surface area contributed by atoms with Crippen LogP contribution in [0.25, 0.3) is 0 Å². The Hall–Kier alpha value is -2.13. The summed E-state index contributed by atoms with van der Waals surface area (Å²) in [5, 5.41) is 2.63. The van der Waals surface area contributed by atoms with Crippen molar-refractivity contribution in [1.29, 1.82) is 0 Å². The van der Waals surface area contributed by atoms with E-state index >= 15 is 0 Å². The Morgan fingerprint density at radius 3 is 2.88 bits per heavy atom. The monoisotopic (exact) mass is 367 g/mol. The first-order valence-electron chi connectivity index (χ1n) is 8.26. The summed E-state index contributed by atoms with van der Waals surface area (Å²) in [6.07, 6.45) is 1.38. The average molecular weight is 367 g/mol. The summed E-state index contributed by atoms with van der Waals surface area (Å²) in [5.41, 5.74) is 0.341. The SMILES string of the molecule is CC1Oc2ccc(S(=O)(=O)NCCCN3CCCC3=O)cc2NC1=O. The Morgan fingerprint density at radius 2 is 2.16 bits per heavy atom. The number of sulfonamides is 1. The van der Waals surface area contributed by atoms with Gasteiger partial charge in [0.2, 0.25) is 15.9 Å². The first kappa shape index (κ1) is 17.7. The fraction of sp³-hybridized carbons (Fsp3) is 0.500. The predicted molar refractivity (Wildman–Crippen MR) is 90.8 cm³/mol. The van der Waals surface area contributed by atoms with Crippen LogP contribution in [-0.2, 0) is 19.6 Å². The van der Waals surface area contributed by atoms with Crippen molar-refractivity contribution >= 4 is 27.5 Å². The number of hydrogen-bond donors (Lipinski definition) is 2. The standard InChI is InChI=1S/C16H21N3O5S/c1-11-16(21)18-13-10-12(5-6-14(13)24-11)25(22,23)17-7-3-9-19-8-2-4-15(19)20/h5-6,10-11,17H,2-4,7-9H2,1H3,(H,18,21). The highest BCUT2D eigenvalue weighted by Gasteiger charge is 2.25. The number of hydrogen-bond acceptors (Lipinski definition) is 5. The molecule has 8 nitrogen and oxygen atoms in total. The van der Waals surface area contributed by atoms with E-state index < -0.39 is 16.1 Å². The Labute approximate surface area is 146 Å². The summed E-state index contributed by atoms with van der Waals surface area (Å²) in [4.78, 5) is 25.0. The minimum absolute atomic E-state index is 0.0574. The molecule has 1 unspecified atom stereocenters. The lowest BCUT2D eigenvalue weighted by Crippen LogP contribution is -2.34. The lowest BCUT2D eigenvalue weighted by Gasteiger charge is -2.23. The van der Waals surface area contributed by atoms with Gasteiger partial charge in [0.05, 0.1) is 10.6 Å². The van der Waals surface area contributed by atoms with Crippen molar-refractivity contribution in [2.75, 3.05) is 25.0 Å². The molecule has 0 aromatic heterocycles. The minimum atomic E-state index is -3.69. The van der Waals surface area contributed by atoms with Gasteiger partial charge in [-0.25, -0.2) is 13.1 Å². The minimum Gasteiger partial charge on any atom is -0.479 e. The summed E-state index contributed by atoms with van der Waals surface area (Å²) in [6.45, 7) is 3.15. The molecule has 2 amide bonds. The van der Waals surface area contributed by atoms with E-state index in [2.05, 4.69) is 10.0 Å². The lowest BCUT2D eigenvalue weighted by atomic mass is 10.2. The maximum atomic E-state index is 12.4. The smallest absolute Gasteiger partial charge is 0.265 e. The van der Waals surface area contributed by atoms with Gasteiger partial charge in [0.15, 0.2) is 6.10 Å². The molecule has 9 heteroatoms. The number of fused-ring (bicyclic) bond motifs is 1. The van der Waals surface area contributed by atoms with Crippen molar-refractivity contribution in [1.82, 2.24) is 9.62 Å². The normalized spacial score (nSPS) is 20.2. The van der Waals surface area contributed by atoms with E-state index in [0.717, 1.165) is 13.0 Å². The topological polar surface area (TPSA) is 105 Å². The van der Waals surface area contributed by atoms with E-state index in [1.54, 1.807) is 11.8 Å². The zero-order valence-electron chi connectivity index (χ0n) is 13.9. The van der Waals surface area contributed by atoms with E-state index in [0.29, 0.717) is 30.8 Å². The molecule has 1 aromatic rings. The molecule has 2 N–H and O–H groups in total. The zero-order valence-corrected chi connectivity index (χ0v) is 14.8. The molecule has 0 spiro atoms. The molecule has 0 aliphatic carbocycles. The van der Waals surface area contributed by atoms with Gasteiger partial charge in [0, 0.05) is 26.1 Å². The second-order valence-corrected chi connectivity index (χ2v) is 7.91. The number of carbonyl (C=O) groups excluding carboxylic acids is 2. The third-order valence-corrected chi connectivity index (χ3v) is 5.72. The van der Waals surface area contributed by atoms with Gasteiger partial charge < -0.3 is 15.0 Å². The molecule has 2 aliphatic rings. The first-order chi connectivity index (χ1) is 11.9. The highest BCUT2D eigenvalue weighted by molar-refractivity contribution is 7.89. The van der Waals surface area contributed by atoms with Gasteiger partial charge in [-0.15, -0.1) is 0 Å². The number of ether oxygens (including phenoxy) is 1. The van der Waals surface area contributed by atoms with Gasteiger partial charge in [-0.3, -0.25) is 9.59 Å². The van der Waals surface area contributed by atoms with E-state index in [4.69, 9.17) is 4.74 Å². The zero-order chi connectivity index (χ0) is 18.0. The van der Waals surface area contributed by atoms with Gasteiger partial charge in [0.1, 0.15) is 5.75 Å². The van der Waals surface area contributed by atoms with E-state index in [1.165, 1.54) is 18.2 Å². The van der Waals surface area contributed by atoms with E-state index in [9.17, 15) is 18.0 Å². The van der Waals surface area contributed by atoms with Gasteiger partial charge in [0.25, 0.3) is 5.91 Å². The summed E-state index contributed by atoms with van der Waals surface area (Å²) in [5.74, 6) is 0.256. The van der Waals surface area contributed by atoms with Crippen LogP contribution < -0.4 is 14.8 Å². The number of nitrogens with one attached hydrogen (secondary N) is 2. The fourth-order valence-corrected chi connectivity index (χ4v) is 3.96. The molecule has 0 bridgehead atoms. The molecule has 1 fully saturated rings. The van der Waals surface area contributed by atoms with Gasteiger partial charge >= 0.3 is 0 Å². The van der Waals surface area contributed by atoms with Crippen LogP contribution in [0.2, 0.25) is 0 Å². The van der Waals surface area contributed by atoms with Gasteiger partial charge in [-0.1, -0.05) is 0 Å². The summed E-state index contributed by atoms with van der Waals surface area (Å²) < 4.78 is 32.7.